The fourth-order valence-electron chi connectivity index (χ4n) is 2.44. The maximum Gasteiger partial charge on any atom is 0.330 e. The second-order valence-corrected chi connectivity index (χ2v) is 7.56. The minimum absolute atomic E-state index is 0.0365. The highest BCUT2D eigenvalue weighted by atomic mass is 31.2. The lowest BCUT2D eigenvalue weighted by Gasteiger charge is -2.25. The molecule has 1 fully saturated rings. The van der Waals surface area contributed by atoms with Gasteiger partial charge in [0.25, 0.3) is 0 Å². The van der Waals surface area contributed by atoms with Crippen LogP contribution in [0.1, 0.15) is 24.8 Å². The maximum atomic E-state index is 12.1. The molecule has 7 heteroatoms. The third-order valence-corrected chi connectivity index (χ3v) is 5.69. The number of hydrogen-bond donors (Lipinski definition) is 0. The van der Waals surface area contributed by atoms with Crippen molar-refractivity contribution in [2.75, 3.05) is 20.4 Å². The summed E-state index contributed by atoms with van der Waals surface area (Å²) in [5, 5.41) is 1.42. The third-order valence-electron chi connectivity index (χ3n) is 3.77. The van der Waals surface area contributed by atoms with Gasteiger partial charge in [0.15, 0.2) is 0 Å². The summed E-state index contributed by atoms with van der Waals surface area (Å²) in [6, 6.07) is 9.58. The van der Waals surface area contributed by atoms with Gasteiger partial charge in [0, 0.05) is 20.6 Å². The molecule has 0 aromatic heterocycles. The predicted octanol–water partition coefficient (Wildman–Crippen LogP) is 2.99. The first kappa shape index (κ1) is 17.2. The Balaban J connectivity index is 1.90. The number of hydroxylamine groups is 2. The molecule has 1 aromatic rings. The zero-order valence-corrected chi connectivity index (χ0v) is 13.8. The highest BCUT2D eigenvalue weighted by Gasteiger charge is 2.34. The first-order valence-corrected chi connectivity index (χ1v) is 9.00. The van der Waals surface area contributed by atoms with Crippen LogP contribution in [0.5, 0.6) is 0 Å². The Morgan fingerprint density at radius 1 is 1.23 bits per heavy atom. The van der Waals surface area contributed by atoms with Crippen molar-refractivity contribution in [2.45, 2.75) is 31.9 Å². The van der Waals surface area contributed by atoms with Gasteiger partial charge in [-0.25, -0.2) is 5.06 Å². The van der Waals surface area contributed by atoms with Crippen LogP contribution in [0.2, 0.25) is 0 Å². The zero-order chi connectivity index (χ0) is 16.0. The van der Waals surface area contributed by atoms with Gasteiger partial charge in [-0.3, -0.25) is 14.2 Å². The Morgan fingerprint density at radius 2 is 1.91 bits per heavy atom. The van der Waals surface area contributed by atoms with Crippen molar-refractivity contribution in [3.8, 4) is 0 Å². The van der Waals surface area contributed by atoms with E-state index < -0.39 is 7.60 Å². The first-order chi connectivity index (χ1) is 10.6. The average molecular weight is 327 g/mol. The molecule has 0 saturated carbocycles. The standard InChI is InChI=1S/C15H22NO5P/c1-19-22(18,20-2)11-10-14-8-9-15(17)16(14)21-12-13-6-4-3-5-7-13/h3-7,14H,8-12H2,1-2H3/t14-/m0/s1. The van der Waals surface area contributed by atoms with Gasteiger partial charge in [0.2, 0.25) is 5.91 Å². The van der Waals surface area contributed by atoms with Gasteiger partial charge in [-0.15, -0.1) is 0 Å². The van der Waals surface area contributed by atoms with E-state index in [0.717, 1.165) is 5.56 Å². The Morgan fingerprint density at radius 3 is 2.55 bits per heavy atom. The van der Waals surface area contributed by atoms with E-state index in [1.54, 1.807) is 0 Å². The molecule has 0 N–H and O–H groups in total. The summed E-state index contributed by atoms with van der Waals surface area (Å²) in [5.41, 5.74) is 1.00. The van der Waals surface area contributed by atoms with Crippen molar-refractivity contribution in [1.29, 1.82) is 0 Å². The predicted molar refractivity (Wildman–Crippen MR) is 82.2 cm³/mol. The molecule has 0 aliphatic carbocycles. The van der Waals surface area contributed by atoms with Crippen LogP contribution in [0.4, 0.5) is 0 Å². The van der Waals surface area contributed by atoms with E-state index in [0.29, 0.717) is 25.9 Å². The molecule has 1 amide bonds. The molecule has 1 atom stereocenters. The van der Waals surface area contributed by atoms with Crippen LogP contribution in [0.15, 0.2) is 30.3 Å². The molecule has 1 heterocycles. The van der Waals surface area contributed by atoms with Gasteiger partial charge in [0.1, 0.15) is 6.61 Å². The van der Waals surface area contributed by atoms with Crippen molar-refractivity contribution < 1.29 is 23.2 Å². The number of carbonyl (C=O) groups is 1. The molecule has 2 rings (SSSR count). The number of benzene rings is 1. The lowest BCUT2D eigenvalue weighted by Crippen LogP contribution is -2.33. The average Bonchev–Trinajstić information content (AvgIpc) is 2.92. The van der Waals surface area contributed by atoms with E-state index in [1.165, 1.54) is 19.3 Å². The molecular formula is C15H22NO5P. The normalized spacial score (nSPS) is 18.9. The number of carbonyl (C=O) groups excluding carboxylic acids is 1. The molecule has 122 valence electrons. The van der Waals surface area contributed by atoms with Gasteiger partial charge in [-0.2, -0.15) is 0 Å². The van der Waals surface area contributed by atoms with Crippen LogP contribution in [-0.2, 0) is 29.9 Å². The summed E-state index contributed by atoms with van der Waals surface area (Å²) >= 11 is 0. The lowest BCUT2D eigenvalue weighted by molar-refractivity contribution is -0.195. The molecule has 0 spiro atoms. The maximum absolute atomic E-state index is 12.1. The molecule has 22 heavy (non-hydrogen) atoms. The molecule has 1 saturated heterocycles. The summed E-state index contributed by atoms with van der Waals surface area (Å²) in [4.78, 5) is 17.6. The van der Waals surface area contributed by atoms with Gasteiger partial charge >= 0.3 is 7.60 Å². The van der Waals surface area contributed by atoms with E-state index in [2.05, 4.69) is 0 Å². The van der Waals surface area contributed by atoms with Gasteiger partial charge in [-0.1, -0.05) is 30.3 Å². The topological polar surface area (TPSA) is 65.1 Å². The van der Waals surface area contributed by atoms with Crippen molar-refractivity contribution in [1.82, 2.24) is 5.06 Å². The van der Waals surface area contributed by atoms with Crippen molar-refractivity contribution >= 4 is 13.5 Å². The van der Waals surface area contributed by atoms with Crippen LogP contribution in [-0.4, -0.2) is 37.4 Å². The van der Waals surface area contributed by atoms with E-state index in [-0.39, 0.29) is 18.1 Å². The lowest BCUT2D eigenvalue weighted by atomic mass is 10.2. The van der Waals surface area contributed by atoms with Crippen LogP contribution in [0.25, 0.3) is 0 Å². The highest BCUT2D eigenvalue weighted by molar-refractivity contribution is 7.53. The Labute approximate surface area is 130 Å². The summed E-state index contributed by atoms with van der Waals surface area (Å²) in [7, 11) is -0.313. The fourth-order valence-corrected chi connectivity index (χ4v) is 3.57. The van der Waals surface area contributed by atoms with E-state index in [9.17, 15) is 9.36 Å². The number of nitrogens with zero attached hydrogens (tertiary/aromatic N) is 1. The molecule has 0 bridgehead atoms. The summed E-state index contributed by atoms with van der Waals surface area (Å²) < 4.78 is 21.9. The minimum Gasteiger partial charge on any atom is -0.312 e. The second kappa shape index (κ2) is 7.88. The molecular weight excluding hydrogens is 305 g/mol. The minimum atomic E-state index is -3.05. The largest absolute Gasteiger partial charge is 0.330 e. The van der Waals surface area contributed by atoms with Gasteiger partial charge in [-0.05, 0) is 18.4 Å². The molecule has 1 aliphatic rings. The fraction of sp³-hybridized carbons (Fsp3) is 0.533. The molecule has 1 aliphatic heterocycles. The van der Waals surface area contributed by atoms with Crippen molar-refractivity contribution in [3.63, 3.8) is 0 Å². The molecule has 1 aromatic carbocycles. The third kappa shape index (κ3) is 4.40. The number of rotatable bonds is 8. The van der Waals surface area contributed by atoms with Gasteiger partial charge in [0.05, 0.1) is 12.2 Å². The van der Waals surface area contributed by atoms with Crippen LogP contribution in [0, 0.1) is 0 Å². The van der Waals surface area contributed by atoms with Crippen LogP contribution >= 0.6 is 7.60 Å². The van der Waals surface area contributed by atoms with Crippen molar-refractivity contribution in [3.05, 3.63) is 35.9 Å². The molecule has 6 nitrogen and oxygen atoms in total. The Hall–Kier alpha value is -1.20. The van der Waals surface area contributed by atoms with Crippen LogP contribution in [0.3, 0.4) is 0 Å². The quantitative estimate of drug-likeness (QED) is 0.687. The number of amides is 1. The monoisotopic (exact) mass is 327 g/mol. The number of hydrogen-bond acceptors (Lipinski definition) is 5. The zero-order valence-electron chi connectivity index (χ0n) is 12.9. The van der Waals surface area contributed by atoms with Crippen LogP contribution < -0.4 is 0 Å². The van der Waals surface area contributed by atoms with E-state index in [1.807, 2.05) is 30.3 Å². The van der Waals surface area contributed by atoms with Crippen molar-refractivity contribution in [2.24, 2.45) is 0 Å². The highest BCUT2D eigenvalue weighted by Crippen LogP contribution is 2.47. The Kier molecular flexibility index (Phi) is 6.15. The summed E-state index contributed by atoms with van der Waals surface area (Å²) in [6.07, 6.45) is 1.94. The Bertz CT molecular complexity index is 528. The van der Waals surface area contributed by atoms with Gasteiger partial charge < -0.3 is 9.05 Å². The second-order valence-electron chi connectivity index (χ2n) is 5.16. The smallest absolute Gasteiger partial charge is 0.312 e. The summed E-state index contributed by atoms with van der Waals surface area (Å²) in [6.45, 7) is 0.343. The first-order valence-electron chi connectivity index (χ1n) is 7.27. The molecule has 0 unspecified atom stereocenters. The van der Waals surface area contributed by atoms with E-state index in [4.69, 9.17) is 13.9 Å². The summed E-state index contributed by atoms with van der Waals surface area (Å²) in [5.74, 6) is -0.0365. The SMILES string of the molecule is COP(=O)(CC[C@@H]1CCC(=O)N1OCc1ccccc1)OC. The van der Waals surface area contributed by atoms with E-state index >= 15 is 0 Å². The molecule has 0 radical (unpaired) electrons.